The van der Waals surface area contributed by atoms with E-state index >= 15 is 0 Å². The van der Waals surface area contributed by atoms with Gasteiger partial charge in [0.2, 0.25) is 5.95 Å². The second-order valence-corrected chi connectivity index (χ2v) is 3.28. The molecule has 10 heavy (non-hydrogen) atoms. The van der Waals surface area contributed by atoms with Gasteiger partial charge in [-0.05, 0) is 11.5 Å². The normalized spacial score (nSPS) is 13.3. The van der Waals surface area contributed by atoms with Gasteiger partial charge in [0.1, 0.15) is 10.8 Å². The van der Waals surface area contributed by atoms with Gasteiger partial charge < -0.3 is 10.3 Å². The third-order valence-electron chi connectivity index (χ3n) is 0.731. The fourth-order valence-corrected chi connectivity index (χ4v) is 1.60. The minimum absolute atomic E-state index is 0.00880. The van der Waals surface area contributed by atoms with Crippen molar-refractivity contribution in [3.8, 4) is 0 Å². The van der Waals surface area contributed by atoms with Crippen LogP contribution in [0, 0.1) is 0 Å². The average Bonchev–Trinajstić information content (AvgIpc) is 2.13. The lowest BCUT2D eigenvalue weighted by Crippen LogP contribution is -1.92. The Morgan fingerprint density at radius 1 is 1.80 bits per heavy atom. The minimum Gasteiger partial charge on any atom is -0.367 e. The van der Waals surface area contributed by atoms with E-state index in [0.717, 1.165) is 11.5 Å². The molecule has 0 radical (unpaired) electrons. The van der Waals surface area contributed by atoms with Gasteiger partial charge in [0.15, 0.2) is 11.1 Å². The maximum absolute atomic E-state index is 10.2. The van der Waals surface area contributed by atoms with E-state index in [1.807, 2.05) is 0 Å². The van der Waals surface area contributed by atoms with E-state index in [4.69, 9.17) is 10.3 Å². The van der Waals surface area contributed by atoms with Crippen LogP contribution in [-0.2, 0) is 16.8 Å². The zero-order valence-electron chi connectivity index (χ0n) is 4.85. The Morgan fingerprint density at radius 3 is 2.90 bits per heavy atom. The molecule has 0 aliphatic heterocycles. The van der Waals surface area contributed by atoms with Crippen molar-refractivity contribution < 1.29 is 8.76 Å². The molecule has 56 valence electrons. The molecular formula is C3H5N3O2S2. The Hall–Kier alpha value is -0.530. The molecule has 7 heteroatoms. The van der Waals surface area contributed by atoms with Crippen LogP contribution in [0.4, 0.5) is 5.95 Å². The van der Waals surface area contributed by atoms with Crippen molar-refractivity contribution in [1.82, 2.24) is 9.36 Å². The fourth-order valence-electron chi connectivity index (χ4n) is 0.432. The number of aromatic nitrogens is 2. The van der Waals surface area contributed by atoms with Gasteiger partial charge in [0.05, 0.1) is 0 Å². The number of rotatable bonds is 2. The van der Waals surface area contributed by atoms with Crippen molar-refractivity contribution >= 4 is 28.6 Å². The third-order valence-corrected chi connectivity index (χ3v) is 2.16. The molecule has 0 fully saturated rings. The molecule has 0 aromatic carbocycles. The summed E-state index contributed by atoms with van der Waals surface area (Å²) in [6, 6.07) is 0. The third kappa shape index (κ3) is 2.01. The van der Waals surface area contributed by atoms with Crippen LogP contribution in [0.3, 0.4) is 0 Å². The summed E-state index contributed by atoms with van der Waals surface area (Å²) in [6.45, 7) is 0. The zero-order valence-corrected chi connectivity index (χ0v) is 6.48. The molecule has 0 bridgehead atoms. The van der Waals surface area contributed by atoms with Gasteiger partial charge in [-0.3, -0.25) is 0 Å². The van der Waals surface area contributed by atoms with Crippen LogP contribution in [0.5, 0.6) is 0 Å². The van der Waals surface area contributed by atoms with Gasteiger partial charge >= 0.3 is 0 Å². The first-order valence-corrected chi connectivity index (χ1v) is 4.39. The summed E-state index contributed by atoms with van der Waals surface area (Å²) >= 11 is -0.812. The first-order valence-electron chi connectivity index (χ1n) is 2.34. The van der Waals surface area contributed by atoms with Crippen LogP contribution in [0.1, 0.15) is 5.01 Å². The summed E-state index contributed by atoms with van der Waals surface area (Å²) in [6.07, 6.45) is 0. The molecule has 0 spiro atoms. The molecule has 0 saturated carbocycles. The molecule has 1 rings (SSSR count). The summed E-state index contributed by atoms with van der Waals surface area (Å²) in [5.41, 5.74) is 5.16. The lowest BCUT2D eigenvalue weighted by molar-refractivity contribution is 0.563. The van der Waals surface area contributed by atoms with Crippen LogP contribution >= 0.6 is 11.5 Å². The van der Waals surface area contributed by atoms with Crippen molar-refractivity contribution in [3.05, 3.63) is 5.01 Å². The van der Waals surface area contributed by atoms with Crippen molar-refractivity contribution in [3.63, 3.8) is 0 Å². The number of hydrogen-bond donors (Lipinski definition) is 2. The van der Waals surface area contributed by atoms with E-state index in [1.165, 1.54) is 0 Å². The molecule has 1 heterocycles. The topological polar surface area (TPSA) is 89.1 Å². The molecule has 1 aromatic heterocycles. The van der Waals surface area contributed by atoms with Crippen molar-refractivity contribution in [1.29, 1.82) is 0 Å². The Balaban J connectivity index is 2.67. The van der Waals surface area contributed by atoms with Gasteiger partial charge in [0.25, 0.3) is 0 Å². The maximum atomic E-state index is 10.2. The molecule has 0 amide bonds. The highest BCUT2D eigenvalue weighted by Gasteiger charge is 2.02. The number of anilines is 1. The van der Waals surface area contributed by atoms with Crippen LogP contribution in [0.2, 0.25) is 0 Å². The van der Waals surface area contributed by atoms with Gasteiger partial charge in [-0.15, -0.1) is 0 Å². The van der Waals surface area contributed by atoms with Crippen molar-refractivity contribution in [2.75, 3.05) is 5.73 Å². The molecule has 0 aliphatic rings. The Labute approximate surface area is 63.7 Å². The minimum atomic E-state index is -1.85. The van der Waals surface area contributed by atoms with E-state index in [-0.39, 0.29) is 11.7 Å². The number of nitrogens with two attached hydrogens (primary N) is 1. The zero-order chi connectivity index (χ0) is 7.56. The standard InChI is InChI=1S/C3H5N3O2S2/c4-3-5-2(9-6-3)1-10(7)8/h1H2,(H2,4,6)(H,7,8). The Morgan fingerprint density at radius 2 is 2.50 bits per heavy atom. The maximum Gasteiger partial charge on any atom is 0.232 e. The smallest absolute Gasteiger partial charge is 0.232 e. The summed E-state index contributed by atoms with van der Waals surface area (Å²) in [5, 5.41) is 0.485. The molecule has 5 nitrogen and oxygen atoms in total. The van der Waals surface area contributed by atoms with Crippen molar-refractivity contribution in [2.24, 2.45) is 0 Å². The largest absolute Gasteiger partial charge is 0.367 e. The second kappa shape index (κ2) is 3.04. The van der Waals surface area contributed by atoms with E-state index in [0.29, 0.717) is 5.01 Å². The van der Waals surface area contributed by atoms with E-state index in [2.05, 4.69) is 9.36 Å². The highest BCUT2D eigenvalue weighted by atomic mass is 32.2. The molecule has 0 aliphatic carbocycles. The SMILES string of the molecule is Nc1nsc(CS(=O)O)n1. The van der Waals surface area contributed by atoms with Gasteiger partial charge in [0, 0.05) is 0 Å². The van der Waals surface area contributed by atoms with Crippen LogP contribution in [-0.4, -0.2) is 18.1 Å². The van der Waals surface area contributed by atoms with Gasteiger partial charge in [-0.1, -0.05) is 0 Å². The van der Waals surface area contributed by atoms with Gasteiger partial charge in [-0.25, -0.2) is 9.19 Å². The van der Waals surface area contributed by atoms with E-state index in [1.54, 1.807) is 0 Å². The molecule has 1 atom stereocenters. The Bertz CT molecular complexity index is 248. The van der Waals surface area contributed by atoms with Gasteiger partial charge in [-0.2, -0.15) is 4.37 Å². The predicted octanol–water partition coefficient (Wildman–Crippen LogP) is -0.158. The number of nitrogens with zero attached hydrogens (tertiary/aromatic N) is 2. The molecule has 3 N–H and O–H groups in total. The molecule has 0 saturated heterocycles. The Kier molecular flexibility index (Phi) is 2.30. The van der Waals surface area contributed by atoms with E-state index in [9.17, 15) is 4.21 Å². The van der Waals surface area contributed by atoms with Crippen LogP contribution < -0.4 is 5.73 Å². The summed E-state index contributed by atoms with van der Waals surface area (Å²) in [4.78, 5) is 3.68. The molecule has 1 aromatic rings. The first kappa shape index (κ1) is 7.58. The first-order chi connectivity index (χ1) is 4.68. The summed E-state index contributed by atoms with van der Waals surface area (Å²) in [7, 11) is 0. The summed E-state index contributed by atoms with van der Waals surface area (Å²) in [5.74, 6) is 0.167. The summed E-state index contributed by atoms with van der Waals surface area (Å²) < 4.78 is 22.2. The molecule has 1 unspecified atom stereocenters. The highest BCUT2D eigenvalue weighted by molar-refractivity contribution is 7.78. The quantitative estimate of drug-likeness (QED) is 0.616. The van der Waals surface area contributed by atoms with Crippen LogP contribution in [0.25, 0.3) is 0 Å². The number of nitrogen functional groups attached to an aromatic ring is 1. The average molecular weight is 179 g/mol. The number of hydrogen-bond acceptors (Lipinski definition) is 5. The lowest BCUT2D eigenvalue weighted by atomic mass is 10.8. The highest BCUT2D eigenvalue weighted by Crippen LogP contribution is 2.06. The van der Waals surface area contributed by atoms with Crippen LogP contribution in [0.15, 0.2) is 0 Å². The van der Waals surface area contributed by atoms with Crippen molar-refractivity contribution in [2.45, 2.75) is 5.75 Å². The lowest BCUT2D eigenvalue weighted by Gasteiger charge is -1.84. The van der Waals surface area contributed by atoms with E-state index < -0.39 is 11.1 Å². The predicted molar refractivity (Wildman–Crippen MR) is 38.8 cm³/mol. The molecular weight excluding hydrogens is 174 g/mol. The second-order valence-electron chi connectivity index (χ2n) is 1.51. The fraction of sp³-hybridized carbons (Fsp3) is 0.333. The monoisotopic (exact) mass is 179 g/mol.